The molecule has 0 radical (unpaired) electrons. The minimum absolute atomic E-state index is 0.0991. The molecule has 0 bridgehead atoms. The molecule has 0 fully saturated rings. The second-order valence-electron chi connectivity index (χ2n) is 6.04. The molecule has 2 aromatic carbocycles. The van der Waals surface area contributed by atoms with Crippen LogP contribution in [0.25, 0.3) is 10.4 Å². The summed E-state index contributed by atoms with van der Waals surface area (Å²) in [6.45, 7) is 2.02. The van der Waals surface area contributed by atoms with E-state index >= 15 is 0 Å². The fourth-order valence-corrected chi connectivity index (χ4v) is 3.56. The number of rotatable bonds is 6. The van der Waals surface area contributed by atoms with E-state index in [2.05, 4.69) is 10.5 Å². The van der Waals surface area contributed by atoms with Crippen molar-refractivity contribution in [1.82, 2.24) is 5.43 Å². The number of thiophene rings is 1. The highest BCUT2D eigenvalue weighted by molar-refractivity contribution is 7.18. The number of benzene rings is 2. The zero-order chi connectivity index (χ0) is 19.2. The van der Waals surface area contributed by atoms with Crippen LogP contribution in [0.1, 0.15) is 28.1 Å². The molecule has 0 unspecified atom stereocenters. The SMILES string of the molecule is COc1ccc(-c2cc(N)c(C(=O)N/N=C\[C@H](C)c3ccccc3)s2)cc1. The van der Waals surface area contributed by atoms with Crippen molar-refractivity contribution in [1.29, 1.82) is 0 Å². The fourth-order valence-electron chi connectivity index (χ4n) is 2.58. The van der Waals surface area contributed by atoms with Crippen molar-refractivity contribution < 1.29 is 9.53 Å². The number of carbonyl (C=O) groups excluding carboxylic acids is 1. The van der Waals surface area contributed by atoms with Crippen LogP contribution in [-0.2, 0) is 0 Å². The number of anilines is 1. The van der Waals surface area contributed by atoms with E-state index in [0.29, 0.717) is 10.6 Å². The Kier molecular flexibility index (Phi) is 5.88. The van der Waals surface area contributed by atoms with Gasteiger partial charge in [0, 0.05) is 17.0 Å². The average molecular weight is 379 g/mol. The van der Waals surface area contributed by atoms with Crippen molar-refractivity contribution in [3.05, 3.63) is 71.1 Å². The molecule has 1 aromatic heterocycles. The quantitative estimate of drug-likeness (QED) is 0.488. The van der Waals surface area contributed by atoms with Gasteiger partial charge in [0.25, 0.3) is 5.91 Å². The maximum Gasteiger partial charge on any atom is 0.283 e. The Hall–Kier alpha value is -3.12. The van der Waals surface area contributed by atoms with Crippen LogP contribution in [-0.4, -0.2) is 19.2 Å². The van der Waals surface area contributed by atoms with Crippen LogP contribution in [0.4, 0.5) is 5.69 Å². The van der Waals surface area contributed by atoms with E-state index < -0.39 is 0 Å². The largest absolute Gasteiger partial charge is 0.497 e. The van der Waals surface area contributed by atoms with Gasteiger partial charge in [-0.3, -0.25) is 4.79 Å². The molecule has 0 aliphatic rings. The van der Waals surface area contributed by atoms with E-state index in [0.717, 1.165) is 21.8 Å². The molecule has 1 heterocycles. The van der Waals surface area contributed by atoms with E-state index in [-0.39, 0.29) is 11.8 Å². The Balaban J connectivity index is 1.68. The molecule has 0 saturated heterocycles. The molecule has 3 N–H and O–H groups in total. The van der Waals surface area contributed by atoms with E-state index in [1.807, 2.05) is 61.5 Å². The highest BCUT2D eigenvalue weighted by Crippen LogP contribution is 2.33. The molecule has 138 valence electrons. The summed E-state index contributed by atoms with van der Waals surface area (Å²) in [5, 5.41) is 4.08. The monoisotopic (exact) mass is 379 g/mol. The topological polar surface area (TPSA) is 76.7 Å². The van der Waals surface area contributed by atoms with Crippen molar-refractivity contribution in [2.24, 2.45) is 5.10 Å². The first-order chi connectivity index (χ1) is 13.1. The van der Waals surface area contributed by atoms with Gasteiger partial charge in [-0.25, -0.2) is 5.43 Å². The number of nitrogens with zero attached hydrogens (tertiary/aromatic N) is 1. The van der Waals surface area contributed by atoms with Gasteiger partial charge in [0.1, 0.15) is 10.6 Å². The van der Waals surface area contributed by atoms with Gasteiger partial charge in [0.05, 0.1) is 12.8 Å². The Bertz CT molecular complexity index is 934. The molecule has 3 rings (SSSR count). The summed E-state index contributed by atoms with van der Waals surface area (Å²) in [6.07, 6.45) is 1.71. The number of ether oxygens (including phenoxy) is 1. The first-order valence-corrected chi connectivity index (χ1v) is 9.32. The van der Waals surface area contributed by atoms with Crippen LogP contribution in [0.3, 0.4) is 0 Å². The molecular formula is C21H21N3O2S. The highest BCUT2D eigenvalue weighted by Gasteiger charge is 2.15. The number of hydrazone groups is 1. The van der Waals surface area contributed by atoms with Crippen LogP contribution in [0.2, 0.25) is 0 Å². The number of hydrogen-bond donors (Lipinski definition) is 2. The Morgan fingerprint density at radius 1 is 1.19 bits per heavy atom. The van der Waals surface area contributed by atoms with Crippen molar-refractivity contribution in [3.63, 3.8) is 0 Å². The molecular weight excluding hydrogens is 358 g/mol. The van der Waals surface area contributed by atoms with Crippen LogP contribution in [0, 0.1) is 0 Å². The number of nitrogens with two attached hydrogens (primary N) is 1. The Morgan fingerprint density at radius 3 is 2.56 bits per heavy atom. The van der Waals surface area contributed by atoms with Gasteiger partial charge in [-0.1, -0.05) is 37.3 Å². The zero-order valence-electron chi connectivity index (χ0n) is 15.2. The predicted octanol–water partition coefficient (Wildman–Crippen LogP) is 4.53. The second-order valence-corrected chi connectivity index (χ2v) is 7.09. The number of hydrogen-bond acceptors (Lipinski definition) is 5. The van der Waals surface area contributed by atoms with Crippen LogP contribution < -0.4 is 15.9 Å². The summed E-state index contributed by atoms with van der Waals surface area (Å²) in [5.41, 5.74) is 11.1. The van der Waals surface area contributed by atoms with Crippen molar-refractivity contribution >= 4 is 29.1 Å². The third-order valence-corrected chi connectivity index (χ3v) is 5.33. The Morgan fingerprint density at radius 2 is 1.89 bits per heavy atom. The first kappa shape index (κ1) is 18.7. The molecule has 0 aliphatic heterocycles. The lowest BCUT2D eigenvalue weighted by atomic mass is 10.0. The molecule has 1 amide bonds. The maximum absolute atomic E-state index is 12.4. The average Bonchev–Trinajstić information content (AvgIpc) is 3.10. The van der Waals surface area contributed by atoms with Gasteiger partial charge in [0.15, 0.2) is 0 Å². The number of nitrogen functional groups attached to an aromatic ring is 1. The third-order valence-electron chi connectivity index (χ3n) is 4.13. The van der Waals surface area contributed by atoms with Gasteiger partial charge in [-0.2, -0.15) is 5.10 Å². The number of carbonyl (C=O) groups is 1. The molecule has 0 saturated carbocycles. The molecule has 3 aromatic rings. The van der Waals surface area contributed by atoms with Crippen LogP contribution >= 0.6 is 11.3 Å². The standard InChI is InChI=1S/C21H21N3O2S/c1-14(15-6-4-3-5-7-15)13-23-24-21(25)20-18(22)12-19(27-20)16-8-10-17(26-2)11-9-16/h3-14H,22H2,1-2H3,(H,24,25)/b23-13-/t14-/m0/s1. The van der Waals surface area contributed by atoms with Gasteiger partial charge < -0.3 is 10.5 Å². The lowest BCUT2D eigenvalue weighted by Crippen LogP contribution is -2.18. The summed E-state index contributed by atoms with van der Waals surface area (Å²) in [7, 11) is 1.62. The first-order valence-electron chi connectivity index (χ1n) is 8.50. The molecule has 5 nitrogen and oxygen atoms in total. The summed E-state index contributed by atoms with van der Waals surface area (Å²) < 4.78 is 5.17. The summed E-state index contributed by atoms with van der Waals surface area (Å²) in [5.74, 6) is 0.568. The lowest BCUT2D eigenvalue weighted by molar-refractivity contribution is 0.0960. The molecule has 6 heteroatoms. The van der Waals surface area contributed by atoms with Crippen LogP contribution in [0.5, 0.6) is 5.75 Å². The molecule has 0 aliphatic carbocycles. The minimum atomic E-state index is -0.311. The Labute approximate surface area is 162 Å². The lowest BCUT2D eigenvalue weighted by Gasteiger charge is -2.05. The van der Waals surface area contributed by atoms with E-state index in [1.54, 1.807) is 19.4 Å². The van der Waals surface area contributed by atoms with E-state index in [9.17, 15) is 4.79 Å². The molecule has 0 spiro atoms. The van der Waals surface area contributed by atoms with Gasteiger partial charge in [-0.15, -0.1) is 11.3 Å². The highest BCUT2D eigenvalue weighted by atomic mass is 32.1. The maximum atomic E-state index is 12.4. The van der Waals surface area contributed by atoms with Crippen molar-refractivity contribution in [2.75, 3.05) is 12.8 Å². The molecule has 27 heavy (non-hydrogen) atoms. The third kappa shape index (κ3) is 4.54. The van der Waals surface area contributed by atoms with Gasteiger partial charge >= 0.3 is 0 Å². The predicted molar refractivity (Wildman–Crippen MR) is 112 cm³/mol. The van der Waals surface area contributed by atoms with Gasteiger partial charge in [0.2, 0.25) is 0 Å². The van der Waals surface area contributed by atoms with Crippen molar-refractivity contribution in [2.45, 2.75) is 12.8 Å². The molecule has 1 atom stereocenters. The fraction of sp³-hybridized carbons (Fsp3) is 0.143. The zero-order valence-corrected chi connectivity index (χ0v) is 16.0. The van der Waals surface area contributed by atoms with Crippen LogP contribution in [0.15, 0.2) is 65.8 Å². The van der Waals surface area contributed by atoms with Gasteiger partial charge in [-0.05, 0) is 41.5 Å². The van der Waals surface area contributed by atoms with Crippen molar-refractivity contribution in [3.8, 4) is 16.2 Å². The number of methoxy groups -OCH3 is 1. The second kappa shape index (κ2) is 8.51. The van der Waals surface area contributed by atoms with E-state index in [1.165, 1.54) is 11.3 Å². The number of amides is 1. The minimum Gasteiger partial charge on any atom is -0.497 e. The summed E-state index contributed by atoms with van der Waals surface area (Å²) >= 11 is 1.34. The van der Waals surface area contributed by atoms with E-state index in [4.69, 9.17) is 10.5 Å². The summed E-state index contributed by atoms with van der Waals surface area (Å²) in [4.78, 5) is 13.8. The normalized spacial score (nSPS) is 12.1. The summed E-state index contributed by atoms with van der Waals surface area (Å²) in [6, 6.07) is 19.4. The number of nitrogens with one attached hydrogen (secondary N) is 1. The smallest absolute Gasteiger partial charge is 0.283 e.